The van der Waals surface area contributed by atoms with Gasteiger partial charge in [0, 0.05) is 29.3 Å². The van der Waals surface area contributed by atoms with Gasteiger partial charge in [0.1, 0.15) is 5.82 Å². The minimum Gasteiger partial charge on any atom is -0.368 e. The van der Waals surface area contributed by atoms with Crippen LogP contribution < -0.4 is 11.1 Å². The Morgan fingerprint density at radius 3 is 2.70 bits per heavy atom. The minimum atomic E-state index is -0.442. The number of fused-ring (bicyclic) bond motifs is 1. The predicted octanol–water partition coefficient (Wildman–Crippen LogP) is 3.93. The van der Waals surface area contributed by atoms with Crippen LogP contribution in [0.4, 0.5) is 23.1 Å². The molecule has 0 fully saturated rings. The number of hydrogen-bond acceptors (Lipinski definition) is 7. The van der Waals surface area contributed by atoms with E-state index in [1.165, 1.54) is 18.3 Å². The topological polar surface area (TPSA) is 120 Å². The van der Waals surface area contributed by atoms with Gasteiger partial charge in [0.05, 0.1) is 22.3 Å². The zero-order valence-corrected chi connectivity index (χ0v) is 14.0. The van der Waals surface area contributed by atoms with Gasteiger partial charge < -0.3 is 11.1 Å². The highest BCUT2D eigenvalue weighted by atomic mass is 16.6. The SMILES string of the molecule is Nc1ncc(-c2cccc([N+](=O)[O-])c2)c(Nc2cnc3ccccc3c2)n1. The molecule has 0 saturated carbocycles. The Balaban J connectivity index is 1.77. The molecule has 0 radical (unpaired) electrons. The number of aromatic nitrogens is 3. The van der Waals surface area contributed by atoms with Crippen molar-refractivity contribution in [3.05, 3.63) is 77.1 Å². The number of benzene rings is 2. The standard InChI is InChI=1S/C19H14N6O2/c20-19-22-11-16(12-5-3-6-15(9-12)25(26)27)18(24-19)23-14-8-13-4-1-2-7-17(13)21-10-14/h1-11H,(H3,20,22,23,24). The van der Waals surface area contributed by atoms with Crippen molar-refractivity contribution in [2.45, 2.75) is 0 Å². The quantitative estimate of drug-likeness (QED) is 0.419. The average Bonchev–Trinajstić information content (AvgIpc) is 2.68. The van der Waals surface area contributed by atoms with Gasteiger partial charge in [-0.1, -0.05) is 30.3 Å². The number of nitrogens with zero attached hydrogens (tertiary/aromatic N) is 4. The monoisotopic (exact) mass is 358 g/mol. The fraction of sp³-hybridized carbons (Fsp3) is 0. The molecule has 0 amide bonds. The molecular weight excluding hydrogens is 344 g/mol. The first kappa shape index (κ1) is 16.4. The normalized spacial score (nSPS) is 10.7. The summed E-state index contributed by atoms with van der Waals surface area (Å²) in [5, 5.41) is 15.2. The number of nitro groups is 1. The van der Waals surface area contributed by atoms with Crippen LogP contribution in [-0.4, -0.2) is 19.9 Å². The second-order valence-corrected chi connectivity index (χ2v) is 5.84. The summed E-state index contributed by atoms with van der Waals surface area (Å²) in [5.41, 5.74) is 8.54. The zero-order chi connectivity index (χ0) is 18.8. The van der Waals surface area contributed by atoms with E-state index in [0.717, 1.165) is 16.6 Å². The largest absolute Gasteiger partial charge is 0.368 e. The van der Waals surface area contributed by atoms with Crippen LogP contribution in [0, 0.1) is 10.1 Å². The molecule has 8 nitrogen and oxygen atoms in total. The molecule has 0 bridgehead atoms. The van der Waals surface area contributed by atoms with E-state index in [1.54, 1.807) is 18.3 Å². The van der Waals surface area contributed by atoms with E-state index in [1.807, 2.05) is 30.3 Å². The highest BCUT2D eigenvalue weighted by Crippen LogP contribution is 2.31. The number of pyridine rings is 1. The molecule has 2 aromatic carbocycles. The fourth-order valence-electron chi connectivity index (χ4n) is 2.77. The van der Waals surface area contributed by atoms with Gasteiger partial charge in [-0.3, -0.25) is 15.1 Å². The smallest absolute Gasteiger partial charge is 0.270 e. The fourth-order valence-corrected chi connectivity index (χ4v) is 2.77. The van der Waals surface area contributed by atoms with Crippen LogP contribution in [0.25, 0.3) is 22.0 Å². The molecule has 0 saturated heterocycles. The Labute approximate surface area is 153 Å². The molecule has 3 N–H and O–H groups in total. The van der Waals surface area contributed by atoms with Gasteiger partial charge in [-0.2, -0.15) is 4.98 Å². The molecular formula is C19H14N6O2. The van der Waals surface area contributed by atoms with E-state index in [2.05, 4.69) is 20.3 Å². The summed E-state index contributed by atoms with van der Waals surface area (Å²) in [5.74, 6) is 0.542. The van der Waals surface area contributed by atoms with Gasteiger partial charge in [0.15, 0.2) is 0 Å². The molecule has 132 valence electrons. The summed E-state index contributed by atoms with van der Waals surface area (Å²) in [4.78, 5) is 23.3. The van der Waals surface area contributed by atoms with Crippen molar-refractivity contribution in [1.29, 1.82) is 0 Å². The number of para-hydroxylation sites is 1. The zero-order valence-electron chi connectivity index (χ0n) is 14.0. The first-order valence-corrected chi connectivity index (χ1v) is 8.09. The van der Waals surface area contributed by atoms with Gasteiger partial charge in [-0.25, -0.2) is 4.98 Å². The number of hydrogen-bond donors (Lipinski definition) is 2. The number of nitro benzene ring substituents is 1. The van der Waals surface area contributed by atoms with Crippen molar-refractivity contribution < 1.29 is 4.92 Å². The lowest BCUT2D eigenvalue weighted by Gasteiger charge is -2.12. The van der Waals surface area contributed by atoms with E-state index in [-0.39, 0.29) is 11.6 Å². The molecule has 0 atom stereocenters. The molecule has 0 spiro atoms. The summed E-state index contributed by atoms with van der Waals surface area (Å²) in [6, 6.07) is 16.0. The van der Waals surface area contributed by atoms with Crippen molar-refractivity contribution in [3.8, 4) is 11.1 Å². The molecule has 27 heavy (non-hydrogen) atoms. The third-order valence-electron chi connectivity index (χ3n) is 4.03. The van der Waals surface area contributed by atoms with Crippen LogP contribution in [-0.2, 0) is 0 Å². The summed E-state index contributed by atoms with van der Waals surface area (Å²) in [6.45, 7) is 0. The van der Waals surface area contributed by atoms with Crippen molar-refractivity contribution in [2.75, 3.05) is 11.1 Å². The van der Waals surface area contributed by atoms with E-state index in [9.17, 15) is 10.1 Å². The van der Waals surface area contributed by atoms with Gasteiger partial charge in [-0.05, 0) is 17.7 Å². The Hall–Kier alpha value is -4.07. The second-order valence-electron chi connectivity index (χ2n) is 5.84. The number of rotatable bonds is 4. The van der Waals surface area contributed by atoms with E-state index < -0.39 is 4.92 Å². The number of non-ortho nitro benzene ring substituents is 1. The van der Waals surface area contributed by atoms with Crippen molar-refractivity contribution in [3.63, 3.8) is 0 Å². The predicted molar refractivity (Wildman–Crippen MR) is 104 cm³/mol. The average molecular weight is 358 g/mol. The number of nitrogens with one attached hydrogen (secondary N) is 1. The Bertz CT molecular complexity index is 1160. The maximum Gasteiger partial charge on any atom is 0.270 e. The molecule has 0 aliphatic heterocycles. The Kier molecular flexibility index (Phi) is 4.06. The van der Waals surface area contributed by atoms with Gasteiger partial charge in [-0.15, -0.1) is 0 Å². The number of anilines is 3. The lowest BCUT2D eigenvalue weighted by atomic mass is 10.1. The summed E-state index contributed by atoms with van der Waals surface area (Å²) < 4.78 is 0. The summed E-state index contributed by atoms with van der Waals surface area (Å²) in [6.07, 6.45) is 3.23. The summed E-state index contributed by atoms with van der Waals surface area (Å²) >= 11 is 0. The first-order chi connectivity index (χ1) is 13.1. The van der Waals surface area contributed by atoms with E-state index in [0.29, 0.717) is 16.9 Å². The van der Waals surface area contributed by atoms with Crippen LogP contribution in [0.15, 0.2) is 67.0 Å². The van der Waals surface area contributed by atoms with Gasteiger partial charge in [0.25, 0.3) is 5.69 Å². The maximum atomic E-state index is 11.1. The molecule has 2 heterocycles. The molecule has 4 aromatic rings. The van der Waals surface area contributed by atoms with E-state index in [4.69, 9.17) is 5.73 Å². The lowest BCUT2D eigenvalue weighted by Crippen LogP contribution is -2.02. The van der Waals surface area contributed by atoms with Crippen LogP contribution in [0.2, 0.25) is 0 Å². The highest BCUT2D eigenvalue weighted by molar-refractivity contribution is 5.84. The second kappa shape index (κ2) is 6.68. The van der Waals surface area contributed by atoms with Crippen LogP contribution in [0.5, 0.6) is 0 Å². The summed E-state index contributed by atoms with van der Waals surface area (Å²) in [7, 11) is 0. The van der Waals surface area contributed by atoms with Crippen LogP contribution in [0.1, 0.15) is 0 Å². The molecule has 8 heteroatoms. The molecule has 0 aliphatic carbocycles. The van der Waals surface area contributed by atoms with Crippen LogP contribution in [0.3, 0.4) is 0 Å². The third kappa shape index (κ3) is 3.36. The molecule has 4 rings (SSSR count). The minimum absolute atomic E-state index is 0.0114. The first-order valence-electron chi connectivity index (χ1n) is 8.09. The van der Waals surface area contributed by atoms with E-state index >= 15 is 0 Å². The van der Waals surface area contributed by atoms with Crippen LogP contribution >= 0.6 is 0 Å². The Morgan fingerprint density at radius 2 is 1.85 bits per heavy atom. The molecule has 0 aliphatic rings. The lowest BCUT2D eigenvalue weighted by molar-refractivity contribution is -0.384. The number of nitrogen functional groups attached to an aromatic ring is 1. The van der Waals surface area contributed by atoms with Crippen molar-refractivity contribution >= 4 is 34.0 Å². The maximum absolute atomic E-state index is 11.1. The van der Waals surface area contributed by atoms with Crippen molar-refractivity contribution in [2.24, 2.45) is 0 Å². The third-order valence-corrected chi connectivity index (χ3v) is 4.03. The highest BCUT2D eigenvalue weighted by Gasteiger charge is 2.13. The molecule has 0 unspecified atom stereocenters. The van der Waals surface area contributed by atoms with Gasteiger partial charge in [0.2, 0.25) is 5.95 Å². The van der Waals surface area contributed by atoms with Crippen molar-refractivity contribution in [1.82, 2.24) is 15.0 Å². The number of nitrogens with two attached hydrogens (primary N) is 1. The van der Waals surface area contributed by atoms with Gasteiger partial charge >= 0.3 is 0 Å². The Morgan fingerprint density at radius 1 is 1.00 bits per heavy atom. The molecule has 2 aromatic heterocycles.